The molecule has 0 saturated heterocycles. The summed E-state index contributed by atoms with van der Waals surface area (Å²) in [4.78, 5) is 44.4. The van der Waals surface area contributed by atoms with E-state index >= 15 is 0 Å². The fourth-order valence-corrected chi connectivity index (χ4v) is 5.33. The van der Waals surface area contributed by atoms with Crippen LogP contribution in [0.2, 0.25) is 0 Å². The van der Waals surface area contributed by atoms with Crippen LogP contribution >= 0.6 is 11.3 Å². The van der Waals surface area contributed by atoms with Crippen molar-refractivity contribution in [1.82, 2.24) is 30.5 Å². The predicted molar refractivity (Wildman–Crippen MR) is 158 cm³/mol. The Hall–Kier alpha value is -3.87. The van der Waals surface area contributed by atoms with Crippen molar-refractivity contribution in [3.8, 4) is 10.6 Å². The smallest absolute Gasteiger partial charge is 0.270 e. The van der Waals surface area contributed by atoms with Gasteiger partial charge in [-0.15, -0.1) is 11.3 Å². The molecule has 0 spiro atoms. The monoisotopic (exact) mass is 581 g/mol. The molecule has 3 amide bonds. The third-order valence-corrected chi connectivity index (χ3v) is 7.92. The second-order valence-corrected chi connectivity index (χ2v) is 10.7. The highest BCUT2D eigenvalue weighted by Crippen LogP contribution is 2.28. The Morgan fingerprint density at radius 3 is 2.63 bits per heavy atom. The second kappa shape index (κ2) is 13.7. The zero-order valence-electron chi connectivity index (χ0n) is 23.8. The summed E-state index contributed by atoms with van der Waals surface area (Å²) in [6, 6.07) is 10.4. The summed E-state index contributed by atoms with van der Waals surface area (Å²) in [7, 11) is 3.24. The number of benzene rings is 2. The lowest BCUT2D eigenvalue weighted by Gasteiger charge is -2.31. The first kappa shape index (κ1) is 30.1. The average molecular weight is 582 g/mol. The zero-order valence-corrected chi connectivity index (χ0v) is 24.6. The van der Waals surface area contributed by atoms with E-state index in [0.29, 0.717) is 36.9 Å². The fraction of sp³-hybridized carbons (Fsp3) is 0.379. The van der Waals surface area contributed by atoms with Gasteiger partial charge in [0.2, 0.25) is 5.91 Å². The van der Waals surface area contributed by atoms with Crippen molar-refractivity contribution < 1.29 is 18.8 Å². The molecule has 2 heterocycles. The summed E-state index contributed by atoms with van der Waals surface area (Å²) in [6.07, 6.45) is 0. The maximum atomic E-state index is 13.7. The number of thiazole rings is 1. The number of nitrogens with zero attached hydrogens (tertiary/aromatic N) is 4. The van der Waals surface area contributed by atoms with Crippen LogP contribution in [0.4, 0.5) is 10.1 Å². The van der Waals surface area contributed by atoms with Gasteiger partial charge in [0, 0.05) is 56.9 Å². The van der Waals surface area contributed by atoms with Crippen molar-refractivity contribution >= 4 is 34.7 Å². The van der Waals surface area contributed by atoms with E-state index in [1.807, 2.05) is 37.1 Å². The molecule has 12 heteroatoms. The molecular weight excluding hydrogens is 545 g/mol. The molecule has 4 rings (SSSR count). The standard InChI is InChI=1S/C29H36FN7O3S/c1-5-32-10-11-36(17-27(39)35(4)37-15-21-8-9-23(30)12-22(21)16-37)26(38)14-33-24-13-20(7-6-19(24)2)29-34-25(18-41-29)28(40)31-3/h6-9,12-13,18,32-33H,5,10-11,14-17H2,1-4H3,(H,31,40). The highest BCUT2D eigenvalue weighted by Gasteiger charge is 2.27. The second-order valence-electron chi connectivity index (χ2n) is 9.82. The molecule has 0 fully saturated rings. The van der Waals surface area contributed by atoms with Crippen LogP contribution in [-0.4, -0.2) is 84.4 Å². The SMILES string of the molecule is CCNCCN(CC(=O)N(C)N1Cc2ccc(F)cc2C1)C(=O)CNc1cc(-c2nc(C(=O)NC)cs2)ccc1C. The number of aromatic nitrogens is 1. The lowest BCUT2D eigenvalue weighted by molar-refractivity contribution is -0.151. The van der Waals surface area contributed by atoms with Gasteiger partial charge in [0.1, 0.15) is 23.1 Å². The summed E-state index contributed by atoms with van der Waals surface area (Å²) in [5, 5.41) is 14.8. The van der Waals surface area contributed by atoms with Crippen LogP contribution in [0.3, 0.4) is 0 Å². The Bertz CT molecular complexity index is 1410. The van der Waals surface area contributed by atoms with Crippen LogP contribution in [0.15, 0.2) is 41.8 Å². The Morgan fingerprint density at radius 1 is 1.10 bits per heavy atom. The molecule has 3 N–H and O–H groups in total. The van der Waals surface area contributed by atoms with Crippen LogP contribution in [0, 0.1) is 12.7 Å². The van der Waals surface area contributed by atoms with Crippen LogP contribution in [0.1, 0.15) is 34.1 Å². The summed E-state index contributed by atoms with van der Waals surface area (Å²) in [5.41, 5.74) is 4.74. The van der Waals surface area contributed by atoms with Crippen molar-refractivity contribution in [2.24, 2.45) is 0 Å². The first-order chi connectivity index (χ1) is 19.7. The molecule has 0 atom stereocenters. The first-order valence-corrected chi connectivity index (χ1v) is 14.4. The quantitative estimate of drug-likeness (QED) is 0.282. The van der Waals surface area contributed by atoms with Gasteiger partial charge in [-0.05, 0) is 48.4 Å². The van der Waals surface area contributed by atoms with E-state index in [2.05, 4.69) is 20.9 Å². The highest BCUT2D eigenvalue weighted by molar-refractivity contribution is 7.13. The van der Waals surface area contributed by atoms with E-state index in [1.165, 1.54) is 28.5 Å². The first-order valence-electron chi connectivity index (χ1n) is 13.5. The van der Waals surface area contributed by atoms with Crippen molar-refractivity contribution in [1.29, 1.82) is 0 Å². The lowest BCUT2D eigenvalue weighted by atomic mass is 10.1. The minimum absolute atomic E-state index is 0.00318. The van der Waals surface area contributed by atoms with Gasteiger partial charge in [-0.3, -0.25) is 19.4 Å². The lowest BCUT2D eigenvalue weighted by Crippen LogP contribution is -2.49. The molecule has 218 valence electrons. The van der Waals surface area contributed by atoms with Gasteiger partial charge in [0.15, 0.2) is 0 Å². The number of halogens is 1. The summed E-state index contributed by atoms with van der Waals surface area (Å²) >= 11 is 1.37. The number of hydrazine groups is 1. The van der Waals surface area contributed by atoms with E-state index in [0.717, 1.165) is 34.5 Å². The number of carbonyl (C=O) groups is 3. The van der Waals surface area contributed by atoms with Crippen molar-refractivity contribution in [3.63, 3.8) is 0 Å². The summed E-state index contributed by atoms with van der Waals surface area (Å²) < 4.78 is 13.7. The van der Waals surface area contributed by atoms with Gasteiger partial charge in [-0.2, -0.15) is 0 Å². The average Bonchev–Trinajstić information content (AvgIpc) is 3.63. The predicted octanol–water partition coefficient (Wildman–Crippen LogP) is 2.86. The maximum Gasteiger partial charge on any atom is 0.270 e. The van der Waals surface area contributed by atoms with E-state index in [1.54, 1.807) is 30.4 Å². The van der Waals surface area contributed by atoms with Crippen LogP contribution in [0.25, 0.3) is 10.6 Å². The van der Waals surface area contributed by atoms with E-state index < -0.39 is 0 Å². The normalized spacial score (nSPS) is 12.6. The molecule has 1 aliphatic rings. The topological polar surface area (TPSA) is 110 Å². The van der Waals surface area contributed by atoms with Crippen molar-refractivity contribution in [2.75, 3.05) is 52.1 Å². The number of rotatable bonds is 12. The molecule has 0 aliphatic carbocycles. The minimum Gasteiger partial charge on any atom is -0.376 e. The van der Waals surface area contributed by atoms with Crippen molar-refractivity contribution in [2.45, 2.75) is 26.9 Å². The third-order valence-electron chi connectivity index (χ3n) is 7.03. The maximum absolute atomic E-state index is 13.7. The van der Waals surface area contributed by atoms with E-state index in [4.69, 9.17) is 0 Å². The largest absolute Gasteiger partial charge is 0.376 e. The molecule has 0 radical (unpaired) electrons. The number of anilines is 1. The number of likely N-dealkylation sites (N-methyl/N-ethyl adjacent to an activating group) is 2. The number of hydrogen-bond donors (Lipinski definition) is 3. The van der Waals surface area contributed by atoms with Gasteiger partial charge < -0.3 is 20.9 Å². The van der Waals surface area contributed by atoms with Crippen LogP contribution in [-0.2, 0) is 22.7 Å². The molecule has 0 bridgehead atoms. The van der Waals surface area contributed by atoms with Crippen LogP contribution in [0.5, 0.6) is 0 Å². The number of fused-ring (bicyclic) bond motifs is 1. The highest BCUT2D eigenvalue weighted by atomic mass is 32.1. The molecule has 10 nitrogen and oxygen atoms in total. The van der Waals surface area contributed by atoms with E-state index in [-0.39, 0.29) is 36.6 Å². The Kier molecular flexibility index (Phi) is 10.0. The number of hydrogen-bond acceptors (Lipinski definition) is 8. The minimum atomic E-state index is -0.298. The molecule has 0 saturated carbocycles. The Balaban J connectivity index is 1.40. The van der Waals surface area contributed by atoms with Gasteiger partial charge >= 0.3 is 0 Å². The van der Waals surface area contributed by atoms with Gasteiger partial charge in [-0.1, -0.05) is 25.1 Å². The Morgan fingerprint density at radius 2 is 1.88 bits per heavy atom. The molecule has 1 aromatic heterocycles. The molecular formula is C29H36FN7O3S. The number of nitrogens with one attached hydrogen (secondary N) is 3. The molecule has 3 aromatic rings. The number of amides is 3. The number of aryl methyl sites for hydroxylation is 1. The summed E-state index contributed by atoms with van der Waals surface area (Å²) in [5.74, 6) is -0.979. The van der Waals surface area contributed by atoms with Gasteiger partial charge in [0.05, 0.1) is 6.54 Å². The van der Waals surface area contributed by atoms with E-state index in [9.17, 15) is 18.8 Å². The molecule has 41 heavy (non-hydrogen) atoms. The third kappa shape index (κ3) is 7.46. The van der Waals surface area contributed by atoms with Crippen molar-refractivity contribution in [3.05, 3.63) is 70.0 Å². The summed E-state index contributed by atoms with van der Waals surface area (Å²) in [6.45, 7) is 6.46. The molecule has 2 aromatic carbocycles. The zero-order chi connectivity index (χ0) is 29.5. The Labute approximate surface area is 243 Å². The molecule has 0 unspecified atom stereocenters. The molecule has 1 aliphatic heterocycles. The van der Waals surface area contributed by atoms with Gasteiger partial charge in [0.25, 0.3) is 11.8 Å². The fourth-order valence-electron chi connectivity index (χ4n) is 4.53. The number of carbonyl (C=O) groups excluding carboxylic acids is 3. The van der Waals surface area contributed by atoms with Gasteiger partial charge in [-0.25, -0.2) is 14.4 Å². The van der Waals surface area contributed by atoms with Crippen LogP contribution < -0.4 is 16.0 Å².